The fraction of sp³-hybridized carbons (Fsp3) is 0.0909. The number of H-pyrrole nitrogens is 1. The molecule has 1 amide bonds. The molecule has 0 atom stereocenters. The molecule has 0 radical (unpaired) electrons. The van der Waals surface area contributed by atoms with Crippen LogP contribution in [0.15, 0.2) is 77.7 Å². The van der Waals surface area contributed by atoms with Crippen LogP contribution in [-0.4, -0.2) is 30.5 Å². The molecule has 0 aliphatic heterocycles. The van der Waals surface area contributed by atoms with Crippen LogP contribution in [0.25, 0.3) is 22.4 Å². The molecule has 1 heterocycles. The van der Waals surface area contributed by atoms with Crippen LogP contribution in [0.5, 0.6) is 0 Å². The van der Waals surface area contributed by atoms with E-state index in [0.717, 1.165) is 34.2 Å². The zero-order valence-corrected chi connectivity index (χ0v) is 16.5. The Morgan fingerprint density at radius 3 is 2.31 bits per heavy atom. The van der Waals surface area contributed by atoms with E-state index in [2.05, 4.69) is 15.3 Å². The highest BCUT2D eigenvalue weighted by atomic mass is 32.2. The predicted molar refractivity (Wildman–Crippen MR) is 113 cm³/mol. The van der Waals surface area contributed by atoms with Crippen molar-refractivity contribution in [2.24, 2.45) is 0 Å². The molecular weight excluding hydrogens is 386 g/mol. The van der Waals surface area contributed by atoms with Crippen molar-refractivity contribution in [2.75, 3.05) is 11.6 Å². The minimum atomic E-state index is -3.24. The van der Waals surface area contributed by atoms with Crippen LogP contribution in [-0.2, 0) is 21.1 Å². The smallest absolute Gasteiger partial charge is 0.228 e. The summed E-state index contributed by atoms with van der Waals surface area (Å²) in [6.45, 7) is 0. The summed E-state index contributed by atoms with van der Waals surface area (Å²) >= 11 is 0. The molecule has 146 valence electrons. The lowest BCUT2D eigenvalue weighted by atomic mass is 10.1. The number of para-hydroxylation sites is 2. The maximum atomic E-state index is 12.3. The molecule has 1 aromatic heterocycles. The maximum absolute atomic E-state index is 12.3. The van der Waals surface area contributed by atoms with Crippen LogP contribution in [0.4, 0.5) is 5.69 Å². The second-order valence-electron chi connectivity index (χ2n) is 6.82. The van der Waals surface area contributed by atoms with E-state index in [9.17, 15) is 13.2 Å². The van der Waals surface area contributed by atoms with Gasteiger partial charge in [0.2, 0.25) is 5.91 Å². The molecule has 4 aromatic rings. The van der Waals surface area contributed by atoms with Gasteiger partial charge in [-0.25, -0.2) is 13.4 Å². The largest absolute Gasteiger partial charge is 0.338 e. The van der Waals surface area contributed by atoms with Gasteiger partial charge in [0.15, 0.2) is 9.84 Å². The van der Waals surface area contributed by atoms with Crippen molar-refractivity contribution in [1.82, 2.24) is 9.97 Å². The molecule has 0 spiro atoms. The van der Waals surface area contributed by atoms with E-state index in [0.29, 0.717) is 5.69 Å². The van der Waals surface area contributed by atoms with Gasteiger partial charge in [-0.1, -0.05) is 24.3 Å². The number of carbonyl (C=O) groups excluding carboxylic acids is 1. The van der Waals surface area contributed by atoms with Crippen LogP contribution >= 0.6 is 0 Å². The number of nitrogens with one attached hydrogen (secondary N) is 2. The molecule has 0 fully saturated rings. The van der Waals surface area contributed by atoms with E-state index in [1.54, 1.807) is 12.1 Å². The van der Waals surface area contributed by atoms with Gasteiger partial charge in [-0.3, -0.25) is 4.79 Å². The number of imidazole rings is 1. The number of sulfone groups is 1. The number of carbonyl (C=O) groups is 1. The number of benzene rings is 3. The SMILES string of the molecule is CS(=O)(=O)c1ccc(CC(=O)Nc2ccc(-c3nc4ccccc4[nH]3)cc2)cc1. The highest BCUT2D eigenvalue weighted by Crippen LogP contribution is 2.22. The van der Waals surface area contributed by atoms with Crippen molar-refractivity contribution in [3.05, 3.63) is 78.4 Å². The number of rotatable bonds is 5. The first kappa shape index (κ1) is 18.9. The molecule has 2 N–H and O–H groups in total. The summed E-state index contributed by atoms with van der Waals surface area (Å²) in [6.07, 6.45) is 1.32. The topological polar surface area (TPSA) is 91.9 Å². The van der Waals surface area contributed by atoms with Crippen LogP contribution in [0.3, 0.4) is 0 Å². The molecule has 0 saturated carbocycles. The molecule has 0 saturated heterocycles. The lowest BCUT2D eigenvalue weighted by Crippen LogP contribution is -2.14. The first-order valence-electron chi connectivity index (χ1n) is 9.02. The summed E-state index contributed by atoms with van der Waals surface area (Å²) < 4.78 is 23.0. The molecule has 6 nitrogen and oxygen atoms in total. The van der Waals surface area contributed by atoms with E-state index >= 15 is 0 Å². The predicted octanol–water partition coefficient (Wildman–Crippen LogP) is 3.81. The van der Waals surface area contributed by atoms with Crippen LogP contribution < -0.4 is 5.32 Å². The first-order chi connectivity index (χ1) is 13.9. The van der Waals surface area contributed by atoms with Crippen LogP contribution in [0, 0.1) is 0 Å². The summed E-state index contributed by atoms with van der Waals surface area (Å²) in [5, 5.41) is 2.85. The van der Waals surface area contributed by atoms with Gasteiger partial charge in [-0.15, -0.1) is 0 Å². The average Bonchev–Trinajstić information content (AvgIpc) is 3.12. The number of fused-ring (bicyclic) bond motifs is 1. The molecule has 7 heteroatoms. The molecule has 4 rings (SSSR count). The third-order valence-corrected chi connectivity index (χ3v) is 5.68. The Morgan fingerprint density at radius 2 is 1.66 bits per heavy atom. The molecular formula is C22H19N3O3S. The Morgan fingerprint density at radius 1 is 0.966 bits per heavy atom. The Kier molecular flexibility index (Phi) is 4.90. The Labute approximate surface area is 168 Å². The summed E-state index contributed by atoms with van der Waals surface area (Å²) in [5.41, 5.74) is 4.23. The van der Waals surface area contributed by atoms with Gasteiger partial charge in [-0.05, 0) is 54.1 Å². The number of hydrogen-bond acceptors (Lipinski definition) is 4. The first-order valence-corrected chi connectivity index (χ1v) is 10.9. The van der Waals surface area contributed by atoms with E-state index in [1.165, 1.54) is 12.1 Å². The molecule has 3 aromatic carbocycles. The fourth-order valence-corrected chi connectivity index (χ4v) is 3.68. The van der Waals surface area contributed by atoms with E-state index < -0.39 is 9.84 Å². The van der Waals surface area contributed by atoms with Crippen LogP contribution in [0.2, 0.25) is 0 Å². The number of amides is 1. The van der Waals surface area contributed by atoms with Crippen molar-refractivity contribution in [1.29, 1.82) is 0 Å². The van der Waals surface area contributed by atoms with E-state index in [-0.39, 0.29) is 17.2 Å². The van der Waals surface area contributed by atoms with Crippen molar-refractivity contribution in [3.8, 4) is 11.4 Å². The number of hydrogen-bond donors (Lipinski definition) is 2. The monoisotopic (exact) mass is 405 g/mol. The summed E-state index contributed by atoms with van der Waals surface area (Å²) in [4.78, 5) is 20.4. The van der Waals surface area contributed by atoms with E-state index in [1.807, 2.05) is 48.5 Å². The Hall–Kier alpha value is -3.45. The van der Waals surface area contributed by atoms with Gasteiger partial charge in [0.05, 0.1) is 22.3 Å². The zero-order valence-electron chi connectivity index (χ0n) is 15.7. The van der Waals surface area contributed by atoms with Gasteiger partial charge < -0.3 is 10.3 Å². The van der Waals surface area contributed by atoms with Crippen molar-refractivity contribution < 1.29 is 13.2 Å². The van der Waals surface area contributed by atoms with Gasteiger partial charge in [0.25, 0.3) is 0 Å². The number of anilines is 1. The van der Waals surface area contributed by atoms with Gasteiger partial charge in [-0.2, -0.15) is 0 Å². The zero-order chi connectivity index (χ0) is 20.4. The summed E-state index contributed by atoms with van der Waals surface area (Å²) in [7, 11) is -3.24. The molecule has 0 aliphatic rings. The standard InChI is InChI=1S/C22H19N3O3S/c1-29(27,28)18-12-6-15(7-13-18)14-21(26)23-17-10-8-16(9-11-17)22-24-19-4-2-3-5-20(19)25-22/h2-13H,14H2,1H3,(H,23,26)(H,24,25). The van der Waals surface area contributed by atoms with Gasteiger partial charge >= 0.3 is 0 Å². The van der Waals surface area contributed by atoms with Gasteiger partial charge in [0.1, 0.15) is 5.82 Å². The number of aromatic nitrogens is 2. The van der Waals surface area contributed by atoms with Crippen molar-refractivity contribution >= 4 is 32.5 Å². The van der Waals surface area contributed by atoms with Crippen molar-refractivity contribution in [3.63, 3.8) is 0 Å². The Bertz CT molecular complexity index is 1240. The lowest BCUT2D eigenvalue weighted by molar-refractivity contribution is -0.115. The second kappa shape index (κ2) is 7.52. The third-order valence-electron chi connectivity index (χ3n) is 4.55. The fourth-order valence-electron chi connectivity index (χ4n) is 3.05. The highest BCUT2D eigenvalue weighted by molar-refractivity contribution is 7.90. The number of aromatic amines is 1. The van der Waals surface area contributed by atoms with Gasteiger partial charge in [0, 0.05) is 17.5 Å². The van der Waals surface area contributed by atoms with Crippen molar-refractivity contribution in [2.45, 2.75) is 11.3 Å². The molecule has 0 aliphatic carbocycles. The van der Waals surface area contributed by atoms with Crippen LogP contribution in [0.1, 0.15) is 5.56 Å². The highest BCUT2D eigenvalue weighted by Gasteiger charge is 2.09. The normalized spacial score (nSPS) is 11.5. The minimum absolute atomic E-state index is 0.162. The van der Waals surface area contributed by atoms with E-state index in [4.69, 9.17) is 0 Å². The molecule has 29 heavy (non-hydrogen) atoms. The quantitative estimate of drug-likeness (QED) is 0.528. The average molecular weight is 405 g/mol. The molecule has 0 bridgehead atoms. The second-order valence-corrected chi connectivity index (χ2v) is 8.84. The minimum Gasteiger partial charge on any atom is -0.338 e. The summed E-state index contributed by atoms with van der Waals surface area (Å²) in [6, 6.07) is 21.6. The lowest BCUT2D eigenvalue weighted by Gasteiger charge is -2.07. The Balaban J connectivity index is 1.42. The third kappa shape index (κ3) is 4.35. The molecule has 0 unspecified atom stereocenters. The summed E-state index contributed by atoms with van der Waals surface area (Å²) in [5.74, 6) is 0.601. The maximum Gasteiger partial charge on any atom is 0.228 e. The number of nitrogens with zero attached hydrogens (tertiary/aromatic N) is 1.